The lowest BCUT2D eigenvalue weighted by Gasteiger charge is -2.17. The quantitative estimate of drug-likeness (QED) is 0.597. The lowest BCUT2D eigenvalue weighted by Crippen LogP contribution is -1.98. The van der Waals surface area contributed by atoms with Gasteiger partial charge in [0.25, 0.3) is 0 Å². The standard InChI is InChI=1S/C18H17ClO2/c1-3-20-17-13-7-5-6-8-14(13)18(21-4-2)16-11-12(19)9-10-15(16)17/h5-11H,3-4H2,1-2H3. The van der Waals surface area contributed by atoms with Crippen LogP contribution in [0.15, 0.2) is 42.5 Å². The van der Waals surface area contributed by atoms with Gasteiger partial charge in [-0.15, -0.1) is 0 Å². The molecule has 2 nitrogen and oxygen atoms in total. The van der Waals surface area contributed by atoms with Crippen LogP contribution in [0.2, 0.25) is 5.02 Å². The second-order valence-corrected chi connectivity index (χ2v) is 5.20. The third-order valence-electron chi connectivity index (χ3n) is 3.46. The van der Waals surface area contributed by atoms with E-state index in [9.17, 15) is 0 Å². The molecule has 3 aromatic rings. The van der Waals surface area contributed by atoms with Crippen LogP contribution >= 0.6 is 11.6 Å². The van der Waals surface area contributed by atoms with Crippen molar-refractivity contribution < 1.29 is 9.47 Å². The van der Waals surface area contributed by atoms with E-state index in [1.54, 1.807) is 0 Å². The predicted molar refractivity (Wildman–Crippen MR) is 88.8 cm³/mol. The first-order valence-electron chi connectivity index (χ1n) is 7.15. The minimum Gasteiger partial charge on any atom is -0.493 e. The summed E-state index contributed by atoms with van der Waals surface area (Å²) in [6.45, 7) is 5.21. The van der Waals surface area contributed by atoms with Gasteiger partial charge in [0.2, 0.25) is 0 Å². The number of hydrogen-bond donors (Lipinski definition) is 0. The van der Waals surface area contributed by atoms with Crippen molar-refractivity contribution in [1.82, 2.24) is 0 Å². The predicted octanol–water partition coefficient (Wildman–Crippen LogP) is 5.44. The van der Waals surface area contributed by atoms with Crippen LogP contribution in [-0.4, -0.2) is 13.2 Å². The molecule has 0 aliphatic heterocycles. The molecule has 0 spiro atoms. The third kappa shape index (κ3) is 2.40. The van der Waals surface area contributed by atoms with Crippen LogP contribution < -0.4 is 9.47 Å². The van der Waals surface area contributed by atoms with Gasteiger partial charge in [0.05, 0.1) is 13.2 Å². The SMILES string of the molecule is CCOc1c2ccccc2c(OCC)c2cc(Cl)ccc12. The molecular weight excluding hydrogens is 284 g/mol. The molecule has 0 saturated heterocycles. The first-order chi connectivity index (χ1) is 10.3. The molecule has 108 valence electrons. The van der Waals surface area contributed by atoms with Crippen LogP contribution in [0, 0.1) is 0 Å². The topological polar surface area (TPSA) is 18.5 Å². The van der Waals surface area contributed by atoms with E-state index in [2.05, 4.69) is 12.1 Å². The minimum atomic E-state index is 0.611. The fraction of sp³-hybridized carbons (Fsp3) is 0.222. The van der Waals surface area contributed by atoms with Crippen LogP contribution in [0.3, 0.4) is 0 Å². The zero-order chi connectivity index (χ0) is 14.8. The lowest BCUT2D eigenvalue weighted by molar-refractivity contribution is 0.342. The highest BCUT2D eigenvalue weighted by atomic mass is 35.5. The Morgan fingerprint density at radius 3 is 1.86 bits per heavy atom. The normalized spacial score (nSPS) is 11.0. The van der Waals surface area contributed by atoms with Gasteiger partial charge in [-0.2, -0.15) is 0 Å². The summed E-state index contributed by atoms with van der Waals surface area (Å²) in [5.41, 5.74) is 0. The summed E-state index contributed by atoms with van der Waals surface area (Å²) in [6.07, 6.45) is 0. The summed E-state index contributed by atoms with van der Waals surface area (Å²) in [4.78, 5) is 0. The van der Waals surface area contributed by atoms with Crippen molar-refractivity contribution in [2.45, 2.75) is 13.8 Å². The number of rotatable bonds is 4. The average molecular weight is 301 g/mol. The van der Waals surface area contributed by atoms with Crippen LogP contribution in [0.4, 0.5) is 0 Å². The Kier molecular flexibility index (Phi) is 3.89. The summed E-state index contributed by atoms with van der Waals surface area (Å²) in [5.74, 6) is 1.76. The molecule has 3 rings (SSSR count). The number of halogens is 1. The van der Waals surface area contributed by atoms with E-state index in [4.69, 9.17) is 21.1 Å². The van der Waals surface area contributed by atoms with E-state index in [-0.39, 0.29) is 0 Å². The van der Waals surface area contributed by atoms with Crippen molar-refractivity contribution in [3.05, 3.63) is 47.5 Å². The van der Waals surface area contributed by atoms with Gasteiger partial charge in [-0.05, 0) is 32.0 Å². The molecule has 0 heterocycles. The van der Waals surface area contributed by atoms with Gasteiger partial charge in [-0.3, -0.25) is 0 Å². The number of ether oxygens (including phenoxy) is 2. The Labute approximate surface area is 129 Å². The Balaban J connectivity index is 2.49. The highest BCUT2D eigenvalue weighted by molar-refractivity contribution is 6.31. The lowest BCUT2D eigenvalue weighted by atomic mass is 10.0. The van der Waals surface area contributed by atoms with Gasteiger partial charge in [0.1, 0.15) is 11.5 Å². The Morgan fingerprint density at radius 1 is 0.762 bits per heavy atom. The maximum Gasteiger partial charge on any atom is 0.135 e. The van der Waals surface area contributed by atoms with Crippen molar-refractivity contribution >= 4 is 33.1 Å². The smallest absolute Gasteiger partial charge is 0.135 e. The van der Waals surface area contributed by atoms with Crippen LogP contribution in [0.25, 0.3) is 21.5 Å². The first kappa shape index (κ1) is 14.0. The van der Waals surface area contributed by atoms with Gasteiger partial charge in [0.15, 0.2) is 0 Å². The molecule has 0 radical (unpaired) electrons. The van der Waals surface area contributed by atoms with Crippen molar-refractivity contribution in [2.24, 2.45) is 0 Å². The molecular formula is C18H17ClO2. The summed E-state index contributed by atoms with van der Waals surface area (Å²) in [7, 11) is 0. The maximum absolute atomic E-state index is 6.18. The van der Waals surface area contributed by atoms with Crippen molar-refractivity contribution in [2.75, 3.05) is 13.2 Å². The van der Waals surface area contributed by atoms with Crippen molar-refractivity contribution in [1.29, 1.82) is 0 Å². The van der Waals surface area contributed by atoms with Gasteiger partial charge in [-0.25, -0.2) is 0 Å². The summed E-state index contributed by atoms with van der Waals surface area (Å²) in [6, 6.07) is 14.0. The maximum atomic E-state index is 6.18. The Hall–Kier alpha value is -1.93. The van der Waals surface area contributed by atoms with Gasteiger partial charge >= 0.3 is 0 Å². The van der Waals surface area contributed by atoms with Crippen LogP contribution in [0.1, 0.15) is 13.8 Å². The monoisotopic (exact) mass is 300 g/mol. The molecule has 0 saturated carbocycles. The van der Waals surface area contributed by atoms with E-state index in [1.165, 1.54) is 0 Å². The number of benzene rings is 3. The molecule has 21 heavy (non-hydrogen) atoms. The molecule has 0 amide bonds. The molecule has 0 aromatic heterocycles. The van der Waals surface area contributed by atoms with E-state index in [0.717, 1.165) is 33.0 Å². The van der Waals surface area contributed by atoms with E-state index < -0.39 is 0 Å². The molecule has 0 unspecified atom stereocenters. The van der Waals surface area contributed by atoms with Crippen LogP contribution in [0.5, 0.6) is 11.5 Å². The van der Waals surface area contributed by atoms with Gasteiger partial charge in [-0.1, -0.05) is 35.9 Å². The zero-order valence-electron chi connectivity index (χ0n) is 12.2. The molecule has 0 aliphatic carbocycles. The molecule has 0 fully saturated rings. The zero-order valence-corrected chi connectivity index (χ0v) is 12.9. The Bertz CT molecular complexity index is 796. The first-order valence-corrected chi connectivity index (χ1v) is 7.53. The van der Waals surface area contributed by atoms with Gasteiger partial charge in [0, 0.05) is 26.6 Å². The molecule has 3 heteroatoms. The van der Waals surface area contributed by atoms with Crippen LogP contribution in [-0.2, 0) is 0 Å². The molecule has 3 aromatic carbocycles. The third-order valence-corrected chi connectivity index (χ3v) is 3.70. The largest absolute Gasteiger partial charge is 0.493 e. The van der Waals surface area contributed by atoms with E-state index in [1.807, 2.05) is 44.2 Å². The fourth-order valence-corrected chi connectivity index (χ4v) is 2.84. The number of fused-ring (bicyclic) bond motifs is 2. The summed E-state index contributed by atoms with van der Waals surface area (Å²) < 4.78 is 11.8. The molecule has 0 N–H and O–H groups in total. The van der Waals surface area contributed by atoms with Gasteiger partial charge < -0.3 is 9.47 Å². The van der Waals surface area contributed by atoms with Crippen molar-refractivity contribution in [3.63, 3.8) is 0 Å². The van der Waals surface area contributed by atoms with Crippen molar-refractivity contribution in [3.8, 4) is 11.5 Å². The number of hydrogen-bond acceptors (Lipinski definition) is 2. The summed E-state index contributed by atoms with van der Waals surface area (Å²) >= 11 is 6.18. The highest BCUT2D eigenvalue weighted by Gasteiger charge is 2.15. The minimum absolute atomic E-state index is 0.611. The van der Waals surface area contributed by atoms with E-state index in [0.29, 0.717) is 18.2 Å². The highest BCUT2D eigenvalue weighted by Crippen LogP contribution is 2.43. The molecule has 0 bridgehead atoms. The summed E-state index contributed by atoms with van der Waals surface area (Å²) in [5, 5.41) is 4.84. The Morgan fingerprint density at radius 2 is 1.29 bits per heavy atom. The average Bonchev–Trinajstić information content (AvgIpc) is 2.50. The second-order valence-electron chi connectivity index (χ2n) is 4.76. The molecule has 0 aliphatic rings. The second kappa shape index (κ2) is 5.82. The van der Waals surface area contributed by atoms with E-state index >= 15 is 0 Å². The fourth-order valence-electron chi connectivity index (χ4n) is 2.67. The molecule has 0 atom stereocenters.